The molecule has 0 radical (unpaired) electrons. The van der Waals surface area contributed by atoms with Crippen molar-refractivity contribution in [1.29, 1.82) is 0 Å². The number of likely N-dealkylation sites (N-methyl/N-ethyl adjacent to an activating group) is 1. The lowest BCUT2D eigenvalue weighted by Crippen LogP contribution is -2.60. The summed E-state index contributed by atoms with van der Waals surface area (Å²) in [5.41, 5.74) is 0. The van der Waals surface area contributed by atoms with E-state index in [2.05, 4.69) is 27.5 Å². The van der Waals surface area contributed by atoms with Crippen molar-refractivity contribution in [3.63, 3.8) is 0 Å². The van der Waals surface area contributed by atoms with Gasteiger partial charge in [-0.2, -0.15) is 0 Å². The maximum atomic E-state index is 3.55. The lowest BCUT2D eigenvalue weighted by Gasteiger charge is -2.40. The fourth-order valence-electron chi connectivity index (χ4n) is 2.03. The zero-order valence-corrected chi connectivity index (χ0v) is 8.42. The Hall–Kier alpha value is -0.160. The van der Waals surface area contributed by atoms with E-state index in [0.29, 0.717) is 6.17 Å². The quantitative estimate of drug-likeness (QED) is 0.533. The van der Waals surface area contributed by atoms with Crippen molar-refractivity contribution < 1.29 is 0 Å². The molecule has 2 heterocycles. The zero-order valence-electron chi connectivity index (χ0n) is 8.42. The van der Waals surface area contributed by atoms with Crippen molar-refractivity contribution in [3.05, 3.63) is 0 Å². The fourth-order valence-corrected chi connectivity index (χ4v) is 2.03. The Kier molecular flexibility index (Phi) is 3.16. The van der Waals surface area contributed by atoms with Gasteiger partial charge in [0, 0.05) is 45.8 Å². The SMILES string of the molecule is CN1CCN(C2CNCCN2)CC1. The third-order valence-electron chi connectivity index (χ3n) is 3.00. The first-order chi connectivity index (χ1) is 6.36. The number of hydrogen-bond acceptors (Lipinski definition) is 4. The molecule has 0 aromatic heterocycles. The third kappa shape index (κ3) is 2.40. The van der Waals surface area contributed by atoms with E-state index in [1.165, 1.54) is 26.2 Å². The second kappa shape index (κ2) is 4.37. The molecule has 1 atom stereocenters. The van der Waals surface area contributed by atoms with Crippen molar-refractivity contribution >= 4 is 0 Å². The molecule has 0 aromatic rings. The van der Waals surface area contributed by atoms with E-state index in [4.69, 9.17) is 0 Å². The number of hydrogen-bond donors (Lipinski definition) is 2. The van der Waals surface area contributed by atoms with E-state index in [1.54, 1.807) is 0 Å². The molecule has 0 bridgehead atoms. The van der Waals surface area contributed by atoms with E-state index >= 15 is 0 Å². The van der Waals surface area contributed by atoms with Gasteiger partial charge in [0.1, 0.15) is 0 Å². The molecule has 0 aromatic carbocycles. The molecule has 2 rings (SSSR count). The van der Waals surface area contributed by atoms with Gasteiger partial charge in [-0.05, 0) is 7.05 Å². The van der Waals surface area contributed by atoms with Crippen LogP contribution in [0.25, 0.3) is 0 Å². The normalized spacial score (nSPS) is 33.5. The van der Waals surface area contributed by atoms with Crippen molar-refractivity contribution in [2.75, 3.05) is 52.9 Å². The summed E-state index contributed by atoms with van der Waals surface area (Å²) in [4.78, 5) is 4.94. The Morgan fingerprint density at radius 2 is 1.85 bits per heavy atom. The molecule has 4 nitrogen and oxygen atoms in total. The van der Waals surface area contributed by atoms with E-state index in [9.17, 15) is 0 Å². The molecule has 2 aliphatic rings. The van der Waals surface area contributed by atoms with Gasteiger partial charge in [-0.3, -0.25) is 10.2 Å². The predicted octanol–water partition coefficient (Wildman–Crippen LogP) is -1.25. The van der Waals surface area contributed by atoms with Crippen LogP contribution in [0.4, 0.5) is 0 Å². The summed E-state index contributed by atoms with van der Waals surface area (Å²) in [7, 11) is 2.20. The monoisotopic (exact) mass is 184 g/mol. The average molecular weight is 184 g/mol. The molecular formula is C9H20N4. The molecular weight excluding hydrogens is 164 g/mol. The number of piperazine rings is 2. The number of nitrogens with zero attached hydrogens (tertiary/aromatic N) is 2. The van der Waals surface area contributed by atoms with Gasteiger partial charge in [0.15, 0.2) is 0 Å². The van der Waals surface area contributed by atoms with Crippen LogP contribution in [-0.2, 0) is 0 Å². The highest BCUT2D eigenvalue weighted by atomic mass is 15.3. The number of nitrogens with one attached hydrogen (secondary N) is 2. The molecule has 0 spiro atoms. The van der Waals surface area contributed by atoms with Crippen LogP contribution in [0.5, 0.6) is 0 Å². The van der Waals surface area contributed by atoms with E-state index in [-0.39, 0.29) is 0 Å². The summed E-state index contributed by atoms with van der Waals surface area (Å²) in [6.07, 6.45) is 0.572. The van der Waals surface area contributed by atoms with Gasteiger partial charge in [-0.15, -0.1) is 0 Å². The largest absolute Gasteiger partial charge is 0.313 e. The van der Waals surface area contributed by atoms with Crippen LogP contribution < -0.4 is 10.6 Å². The van der Waals surface area contributed by atoms with Crippen LogP contribution in [0.15, 0.2) is 0 Å². The van der Waals surface area contributed by atoms with Gasteiger partial charge in [0.2, 0.25) is 0 Å². The molecule has 2 aliphatic heterocycles. The Labute approximate surface area is 80.3 Å². The first-order valence-electron chi connectivity index (χ1n) is 5.23. The van der Waals surface area contributed by atoms with Crippen molar-refractivity contribution in [2.24, 2.45) is 0 Å². The Morgan fingerprint density at radius 1 is 1.08 bits per heavy atom. The van der Waals surface area contributed by atoms with E-state index in [1.807, 2.05) is 0 Å². The van der Waals surface area contributed by atoms with Crippen molar-refractivity contribution in [3.8, 4) is 0 Å². The molecule has 0 saturated carbocycles. The molecule has 76 valence electrons. The summed E-state index contributed by atoms with van der Waals surface area (Å²) in [5, 5.41) is 6.97. The first-order valence-corrected chi connectivity index (χ1v) is 5.23. The van der Waals surface area contributed by atoms with Gasteiger partial charge in [0.25, 0.3) is 0 Å². The van der Waals surface area contributed by atoms with E-state index < -0.39 is 0 Å². The molecule has 4 heteroatoms. The smallest absolute Gasteiger partial charge is 0.0727 e. The zero-order chi connectivity index (χ0) is 9.10. The minimum absolute atomic E-state index is 0.572. The average Bonchev–Trinajstić information content (AvgIpc) is 2.20. The van der Waals surface area contributed by atoms with Crippen molar-refractivity contribution in [1.82, 2.24) is 20.4 Å². The van der Waals surface area contributed by atoms with Gasteiger partial charge in [-0.25, -0.2) is 0 Å². The Balaban J connectivity index is 1.79. The topological polar surface area (TPSA) is 30.5 Å². The van der Waals surface area contributed by atoms with E-state index in [0.717, 1.165) is 19.6 Å². The van der Waals surface area contributed by atoms with Crippen LogP contribution in [-0.4, -0.2) is 68.8 Å². The van der Waals surface area contributed by atoms with Crippen LogP contribution in [0.2, 0.25) is 0 Å². The highest BCUT2D eigenvalue weighted by molar-refractivity contribution is 4.80. The van der Waals surface area contributed by atoms with Gasteiger partial charge in [-0.1, -0.05) is 0 Å². The minimum atomic E-state index is 0.572. The van der Waals surface area contributed by atoms with Gasteiger partial charge >= 0.3 is 0 Å². The molecule has 1 unspecified atom stereocenters. The highest BCUT2D eigenvalue weighted by Gasteiger charge is 2.22. The standard InChI is InChI=1S/C9H20N4/c1-12-4-6-13(7-5-12)9-8-10-2-3-11-9/h9-11H,2-8H2,1H3. The van der Waals surface area contributed by atoms with Gasteiger partial charge in [0.05, 0.1) is 6.17 Å². The molecule has 2 saturated heterocycles. The molecule has 0 amide bonds. The van der Waals surface area contributed by atoms with Crippen LogP contribution in [0.1, 0.15) is 0 Å². The van der Waals surface area contributed by atoms with Crippen LogP contribution in [0.3, 0.4) is 0 Å². The molecule has 13 heavy (non-hydrogen) atoms. The van der Waals surface area contributed by atoms with Crippen molar-refractivity contribution in [2.45, 2.75) is 6.17 Å². The summed E-state index contributed by atoms with van der Waals surface area (Å²) in [6, 6.07) is 0. The van der Waals surface area contributed by atoms with Crippen LogP contribution >= 0.6 is 0 Å². The Bertz CT molecular complexity index is 148. The lowest BCUT2D eigenvalue weighted by molar-refractivity contribution is 0.0859. The first kappa shape index (κ1) is 9.40. The second-order valence-electron chi connectivity index (χ2n) is 4.01. The van der Waals surface area contributed by atoms with Gasteiger partial charge < -0.3 is 10.2 Å². The maximum Gasteiger partial charge on any atom is 0.0727 e. The summed E-state index contributed by atoms with van der Waals surface area (Å²) >= 11 is 0. The Morgan fingerprint density at radius 3 is 2.46 bits per heavy atom. The molecule has 2 N–H and O–H groups in total. The third-order valence-corrected chi connectivity index (χ3v) is 3.00. The molecule has 0 aliphatic carbocycles. The second-order valence-corrected chi connectivity index (χ2v) is 4.01. The fraction of sp³-hybridized carbons (Fsp3) is 1.00. The van der Waals surface area contributed by atoms with Crippen LogP contribution in [0, 0.1) is 0 Å². The lowest BCUT2D eigenvalue weighted by atomic mass is 10.2. The minimum Gasteiger partial charge on any atom is -0.313 e. The maximum absolute atomic E-state index is 3.55. The predicted molar refractivity (Wildman–Crippen MR) is 53.7 cm³/mol. The highest BCUT2D eigenvalue weighted by Crippen LogP contribution is 2.03. The summed E-state index contributed by atoms with van der Waals surface area (Å²) in [5.74, 6) is 0. The summed E-state index contributed by atoms with van der Waals surface area (Å²) in [6.45, 7) is 8.15. The number of rotatable bonds is 1. The molecule has 2 fully saturated rings. The summed E-state index contributed by atoms with van der Waals surface area (Å²) < 4.78 is 0.